The van der Waals surface area contributed by atoms with Crippen molar-refractivity contribution in [1.82, 2.24) is 0 Å². The Balaban J connectivity index is 4.45. The zero-order valence-corrected chi connectivity index (χ0v) is 39.8. The minimum atomic E-state index is -0.601. The van der Waals surface area contributed by atoms with Gasteiger partial charge < -0.3 is 14.2 Å². The van der Waals surface area contributed by atoms with Crippen LogP contribution in [0.2, 0.25) is 0 Å². The Morgan fingerprint density at radius 2 is 0.710 bits per heavy atom. The first-order valence-electron chi connectivity index (χ1n) is 24.7. The van der Waals surface area contributed by atoms with Crippen molar-refractivity contribution in [2.45, 2.75) is 194 Å². The Morgan fingerprint density at radius 3 is 1.15 bits per heavy atom. The van der Waals surface area contributed by atoms with Gasteiger partial charge in [-0.1, -0.05) is 193 Å². The molecule has 1 atom stereocenters. The van der Waals surface area contributed by atoms with E-state index in [1.54, 1.807) is 0 Å². The minimum Gasteiger partial charge on any atom is -0.462 e. The van der Waals surface area contributed by atoms with Gasteiger partial charge in [0.2, 0.25) is 0 Å². The number of hydrogen-bond acceptors (Lipinski definition) is 5. The van der Waals surface area contributed by atoms with E-state index in [2.05, 4.69) is 148 Å². The standard InChI is InChI=1S/C57H90O5/c1-4-7-10-13-16-19-22-25-27-29-30-33-35-38-41-44-47-50-56(58)61-54-55(62-57(59)51-48-45-42-39-36-32-24-21-18-15-12-9-6-3)53-60-52-49-46-43-40-37-34-31-28-26-23-20-17-14-11-8-5-2/h7-12,16-21,25-28,30,32-33,36,42,45,55H,4-6,13-15,22-24,29,31,34-35,37-41,43-44,46-54H2,1-3H3/b10-7-,11-8-,12-9-,19-16-,20-17-,21-18-,27-25-,28-26-,33-30-,36-32-,45-42-. The number of hydrogen-bond donors (Lipinski definition) is 0. The molecule has 0 aromatic heterocycles. The molecule has 348 valence electrons. The average Bonchev–Trinajstić information content (AvgIpc) is 3.27. The summed E-state index contributed by atoms with van der Waals surface area (Å²) in [5, 5.41) is 0. The lowest BCUT2D eigenvalue weighted by Gasteiger charge is -2.18. The van der Waals surface area contributed by atoms with Crippen molar-refractivity contribution in [3.8, 4) is 0 Å². The van der Waals surface area contributed by atoms with E-state index in [-0.39, 0.29) is 31.6 Å². The van der Waals surface area contributed by atoms with Crippen LogP contribution in [0.3, 0.4) is 0 Å². The maximum absolute atomic E-state index is 12.7. The second-order valence-electron chi connectivity index (χ2n) is 15.6. The molecule has 0 aromatic rings. The summed E-state index contributed by atoms with van der Waals surface area (Å²) in [5.74, 6) is -0.538. The molecule has 5 nitrogen and oxygen atoms in total. The number of allylic oxidation sites excluding steroid dienone is 22. The van der Waals surface area contributed by atoms with E-state index in [0.29, 0.717) is 19.4 Å². The summed E-state index contributed by atoms with van der Waals surface area (Å²) in [7, 11) is 0. The molecular weight excluding hydrogens is 765 g/mol. The second-order valence-corrected chi connectivity index (χ2v) is 15.6. The summed E-state index contributed by atoms with van der Waals surface area (Å²) >= 11 is 0. The van der Waals surface area contributed by atoms with Crippen molar-refractivity contribution in [3.05, 3.63) is 134 Å². The summed E-state index contributed by atoms with van der Waals surface area (Å²) in [6.45, 7) is 7.33. The fourth-order valence-electron chi connectivity index (χ4n) is 6.12. The average molecular weight is 855 g/mol. The Hall–Kier alpha value is -3.96. The third kappa shape index (κ3) is 48.7. The zero-order valence-electron chi connectivity index (χ0n) is 39.8. The molecule has 0 spiro atoms. The lowest BCUT2D eigenvalue weighted by Crippen LogP contribution is -2.30. The van der Waals surface area contributed by atoms with Gasteiger partial charge in [-0.2, -0.15) is 0 Å². The number of rotatable bonds is 43. The van der Waals surface area contributed by atoms with E-state index in [4.69, 9.17) is 14.2 Å². The lowest BCUT2D eigenvalue weighted by atomic mass is 10.1. The summed E-state index contributed by atoms with van der Waals surface area (Å²) < 4.78 is 17.3. The second kappa shape index (κ2) is 51.4. The van der Waals surface area contributed by atoms with Crippen LogP contribution in [0, 0.1) is 0 Å². The highest BCUT2D eigenvalue weighted by atomic mass is 16.6. The fourth-order valence-corrected chi connectivity index (χ4v) is 6.12. The van der Waals surface area contributed by atoms with Gasteiger partial charge in [-0.15, -0.1) is 0 Å². The highest BCUT2D eigenvalue weighted by molar-refractivity contribution is 5.70. The third-order valence-corrected chi connectivity index (χ3v) is 9.68. The smallest absolute Gasteiger partial charge is 0.306 e. The molecule has 0 N–H and O–H groups in total. The summed E-state index contributed by atoms with van der Waals surface area (Å²) in [5.41, 5.74) is 0. The molecule has 62 heavy (non-hydrogen) atoms. The molecule has 0 aliphatic carbocycles. The van der Waals surface area contributed by atoms with E-state index in [1.807, 2.05) is 6.08 Å². The third-order valence-electron chi connectivity index (χ3n) is 9.68. The quantitative estimate of drug-likeness (QED) is 0.0347. The molecule has 0 bridgehead atoms. The highest BCUT2D eigenvalue weighted by Crippen LogP contribution is 2.11. The van der Waals surface area contributed by atoms with Crippen molar-refractivity contribution < 1.29 is 23.8 Å². The van der Waals surface area contributed by atoms with Crippen LogP contribution in [0.1, 0.15) is 188 Å². The van der Waals surface area contributed by atoms with Crippen molar-refractivity contribution in [2.75, 3.05) is 19.8 Å². The van der Waals surface area contributed by atoms with Gasteiger partial charge in [0, 0.05) is 19.4 Å². The van der Waals surface area contributed by atoms with E-state index >= 15 is 0 Å². The number of esters is 2. The van der Waals surface area contributed by atoms with Crippen LogP contribution in [0.5, 0.6) is 0 Å². The first-order valence-corrected chi connectivity index (χ1v) is 24.7. The van der Waals surface area contributed by atoms with Gasteiger partial charge >= 0.3 is 11.9 Å². The number of carbonyl (C=O) groups excluding carboxylic acids is 2. The molecule has 0 saturated carbocycles. The largest absolute Gasteiger partial charge is 0.462 e. The predicted molar refractivity (Wildman–Crippen MR) is 269 cm³/mol. The van der Waals surface area contributed by atoms with Gasteiger partial charge in [-0.05, 0) is 116 Å². The van der Waals surface area contributed by atoms with Gasteiger partial charge in [-0.25, -0.2) is 0 Å². The Labute approximate surface area is 381 Å². The van der Waals surface area contributed by atoms with Crippen molar-refractivity contribution in [3.63, 3.8) is 0 Å². The first-order chi connectivity index (χ1) is 30.6. The molecule has 0 aliphatic rings. The molecule has 1 unspecified atom stereocenters. The van der Waals surface area contributed by atoms with Crippen LogP contribution in [0.15, 0.2) is 134 Å². The summed E-state index contributed by atoms with van der Waals surface area (Å²) in [6.07, 6.45) is 73.3. The molecule has 0 heterocycles. The molecule has 0 amide bonds. The van der Waals surface area contributed by atoms with Gasteiger partial charge in [0.15, 0.2) is 6.10 Å². The van der Waals surface area contributed by atoms with Gasteiger partial charge in [-0.3, -0.25) is 9.59 Å². The van der Waals surface area contributed by atoms with Crippen LogP contribution in [0.25, 0.3) is 0 Å². The molecule has 0 radical (unpaired) electrons. The van der Waals surface area contributed by atoms with Crippen molar-refractivity contribution >= 4 is 11.9 Å². The fraction of sp³-hybridized carbons (Fsp3) is 0.579. The lowest BCUT2D eigenvalue weighted by molar-refractivity contribution is -0.162. The van der Waals surface area contributed by atoms with E-state index in [1.165, 1.54) is 25.7 Å². The Morgan fingerprint density at radius 1 is 0.355 bits per heavy atom. The van der Waals surface area contributed by atoms with Crippen molar-refractivity contribution in [2.24, 2.45) is 0 Å². The summed E-state index contributed by atoms with van der Waals surface area (Å²) in [4.78, 5) is 25.3. The van der Waals surface area contributed by atoms with E-state index in [0.717, 1.165) is 122 Å². The maximum Gasteiger partial charge on any atom is 0.306 e. The molecule has 0 saturated heterocycles. The first kappa shape index (κ1) is 58.0. The van der Waals surface area contributed by atoms with Crippen LogP contribution in [-0.4, -0.2) is 37.9 Å². The van der Waals surface area contributed by atoms with Crippen LogP contribution < -0.4 is 0 Å². The molecule has 0 rings (SSSR count). The van der Waals surface area contributed by atoms with Gasteiger partial charge in [0.05, 0.1) is 6.61 Å². The molecule has 0 aliphatic heterocycles. The number of carbonyl (C=O) groups is 2. The maximum atomic E-state index is 12.7. The zero-order chi connectivity index (χ0) is 44.9. The van der Waals surface area contributed by atoms with Crippen LogP contribution in [-0.2, 0) is 23.8 Å². The Bertz CT molecular complexity index is 1330. The van der Waals surface area contributed by atoms with Gasteiger partial charge in [0.25, 0.3) is 0 Å². The topological polar surface area (TPSA) is 61.8 Å². The SMILES string of the molecule is CC/C=C\C/C=C\C/C=C\C/C=C\CCCCCCC(=O)OCC(COCCCCCCCC/C=C\C/C=C\C/C=C\CC)OC(=O)CC/C=C\C/C=C\C/C=C\C/C=C\CC. The molecule has 0 aromatic carbocycles. The van der Waals surface area contributed by atoms with Crippen molar-refractivity contribution in [1.29, 1.82) is 0 Å². The normalized spacial score (nSPS) is 13.4. The van der Waals surface area contributed by atoms with Crippen LogP contribution >= 0.6 is 0 Å². The van der Waals surface area contributed by atoms with Gasteiger partial charge in [0.1, 0.15) is 6.61 Å². The Kier molecular flexibility index (Phi) is 48.1. The number of unbranched alkanes of at least 4 members (excludes halogenated alkanes) is 10. The molecule has 0 fully saturated rings. The predicted octanol–water partition coefficient (Wildman–Crippen LogP) is 16.8. The number of ether oxygens (including phenoxy) is 3. The molecular formula is C57H90O5. The van der Waals surface area contributed by atoms with E-state index < -0.39 is 6.10 Å². The summed E-state index contributed by atoms with van der Waals surface area (Å²) in [6, 6.07) is 0. The minimum absolute atomic E-state index is 0.0292. The monoisotopic (exact) mass is 855 g/mol. The van der Waals surface area contributed by atoms with Crippen LogP contribution in [0.4, 0.5) is 0 Å². The molecule has 5 heteroatoms. The van der Waals surface area contributed by atoms with E-state index in [9.17, 15) is 9.59 Å². The highest BCUT2D eigenvalue weighted by Gasteiger charge is 2.17.